The van der Waals surface area contributed by atoms with Crippen molar-refractivity contribution in [1.29, 1.82) is 0 Å². The molecule has 0 spiro atoms. The molecule has 2 heterocycles. The highest BCUT2D eigenvalue weighted by atomic mass is 16.6. The van der Waals surface area contributed by atoms with Gasteiger partial charge in [-0.3, -0.25) is 4.57 Å². The molecule has 1 aliphatic rings. The van der Waals surface area contributed by atoms with Gasteiger partial charge >= 0.3 is 5.69 Å². The smallest absolute Gasteiger partial charge is 0.343 e. The SMILES string of the molecule is Cn1c(C2CO2)n[nH]c1=O. The Balaban J connectivity index is 2.49. The summed E-state index contributed by atoms with van der Waals surface area (Å²) in [5, 5.41) is 6.11. The second kappa shape index (κ2) is 1.69. The quantitative estimate of drug-likeness (QED) is 0.520. The zero-order chi connectivity index (χ0) is 7.14. The van der Waals surface area contributed by atoms with Crippen LogP contribution in [0.3, 0.4) is 0 Å². The van der Waals surface area contributed by atoms with Crippen LogP contribution in [0, 0.1) is 0 Å². The van der Waals surface area contributed by atoms with Gasteiger partial charge in [0, 0.05) is 7.05 Å². The molecule has 0 amide bonds. The number of H-pyrrole nitrogens is 1. The molecule has 0 radical (unpaired) electrons. The van der Waals surface area contributed by atoms with Crippen LogP contribution in [0.5, 0.6) is 0 Å². The van der Waals surface area contributed by atoms with Gasteiger partial charge in [-0.2, -0.15) is 5.10 Å². The Morgan fingerprint density at radius 1 is 1.90 bits per heavy atom. The minimum atomic E-state index is -0.189. The van der Waals surface area contributed by atoms with Gasteiger partial charge in [0.25, 0.3) is 0 Å². The van der Waals surface area contributed by atoms with E-state index in [0.717, 1.165) is 0 Å². The van der Waals surface area contributed by atoms with Gasteiger partial charge in [-0.15, -0.1) is 0 Å². The van der Waals surface area contributed by atoms with Gasteiger partial charge in [-0.1, -0.05) is 0 Å². The molecule has 1 aromatic rings. The lowest BCUT2D eigenvalue weighted by Crippen LogP contribution is -2.14. The number of hydrogen-bond donors (Lipinski definition) is 1. The van der Waals surface area contributed by atoms with Crippen molar-refractivity contribution in [3.05, 3.63) is 16.3 Å². The molecule has 5 nitrogen and oxygen atoms in total. The van der Waals surface area contributed by atoms with E-state index < -0.39 is 0 Å². The molecule has 1 N–H and O–H groups in total. The zero-order valence-electron chi connectivity index (χ0n) is 5.50. The first kappa shape index (κ1) is 5.67. The molecule has 1 atom stereocenters. The number of nitrogens with one attached hydrogen (secondary N) is 1. The third kappa shape index (κ3) is 0.672. The van der Waals surface area contributed by atoms with Gasteiger partial charge in [-0.05, 0) is 0 Å². The van der Waals surface area contributed by atoms with Gasteiger partial charge in [-0.25, -0.2) is 9.89 Å². The van der Waals surface area contributed by atoms with E-state index in [-0.39, 0.29) is 11.8 Å². The van der Waals surface area contributed by atoms with Crippen LogP contribution in [-0.4, -0.2) is 21.4 Å². The molecular formula is C5H7N3O2. The van der Waals surface area contributed by atoms with Crippen molar-refractivity contribution in [1.82, 2.24) is 14.8 Å². The van der Waals surface area contributed by atoms with Crippen molar-refractivity contribution >= 4 is 0 Å². The second-order valence-corrected chi connectivity index (χ2v) is 2.27. The first-order valence-corrected chi connectivity index (χ1v) is 3.02. The van der Waals surface area contributed by atoms with E-state index in [1.165, 1.54) is 4.57 Å². The molecule has 0 saturated carbocycles. The van der Waals surface area contributed by atoms with Crippen LogP contribution in [-0.2, 0) is 11.8 Å². The number of aromatic amines is 1. The number of hydrogen-bond acceptors (Lipinski definition) is 3. The van der Waals surface area contributed by atoms with Crippen molar-refractivity contribution in [2.45, 2.75) is 6.10 Å². The number of epoxide rings is 1. The van der Waals surface area contributed by atoms with Gasteiger partial charge in [0.15, 0.2) is 5.82 Å². The van der Waals surface area contributed by atoms with E-state index in [4.69, 9.17) is 4.74 Å². The maximum Gasteiger partial charge on any atom is 0.343 e. The second-order valence-electron chi connectivity index (χ2n) is 2.27. The van der Waals surface area contributed by atoms with Crippen molar-refractivity contribution < 1.29 is 4.74 Å². The van der Waals surface area contributed by atoms with Crippen LogP contribution in [0.4, 0.5) is 0 Å². The maximum atomic E-state index is 10.8. The molecule has 5 heteroatoms. The Labute approximate surface area is 56.6 Å². The Morgan fingerprint density at radius 2 is 2.60 bits per heavy atom. The average molecular weight is 141 g/mol. The van der Waals surface area contributed by atoms with Crippen LogP contribution >= 0.6 is 0 Å². The first-order chi connectivity index (χ1) is 4.79. The number of aromatic nitrogens is 3. The fraction of sp³-hybridized carbons (Fsp3) is 0.600. The molecule has 0 aliphatic carbocycles. The summed E-state index contributed by atoms with van der Waals surface area (Å²) >= 11 is 0. The molecule has 1 saturated heterocycles. The Morgan fingerprint density at radius 3 is 3.00 bits per heavy atom. The highest BCUT2D eigenvalue weighted by Gasteiger charge is 2.29. The summed E-state index contributed by atoms with van der Waals surface area (Å²) in [6.45, 7) is 0.679. The molecular weight excluding hydrogens is 134 g/mol. The summed E-state index contributed by atoms with van der Waals surface area (Å²) in [5.74, 6) is 0.685. The molecule has 1 aliphatic heterocycles. The zero-order valence-corrected chi connectivity index (χ0v) is 5.50. The lowest BCUT2D eigenvalue weighted by molar-refractivity contribution is 0.401. The van der Waals surface area contributed by atoms with Crippen LogP contribution in [0.1, 0.15) is 11.9 Å². The molecule has 1 unspecified atom stereocenters. The minimum Gasteiger partial charge on any atom is -0.365 e. The Kier molecular flexibility index (Phi) is 0.960. The fourth-order valence-corrected chi connectivity index (χ4v) is 0.844. The topological polar surface area (TPSA) is 63.2 Å². The number of rotatable bonds is 1. The summed E-state index contributed by atoms with van der Waals surface area (Å²) in [6.07, 6.45) is 0.0453. The summed E-state index contributed by atoms with van der Waals surface area (Å²) in [4.78, 5) is 10.8. The molecule has 10 heavy (non-hydrogen) atoms. The van der Waals surface area contributed by atoms with Crippen LogP contribution in [0.25, 0.3) is 0 Å². The number of nitrogens with zero attached hydrogens (tertiary/aromatic N) is 2. The van der Waals surface area contributed by atoms with Crippen molar-refractivity contribution in [3.8, 4) is 0 Å². The van der Waals surface area contributed by atoms with Crippen molar-refractivity contribution in [3.63, 3.8) is 0 Å². The van der Waals surface area contributed by atoms with E-state index in [0.29, 0.717) is 12.4 Å². The first-order valence-electron chi connectivity index (χ1n) is 3.02. The summed E-state index contributed by atoms with van der Waals surface area (Å²) in [5.41, 5.74) is -0.189. The molecule has 1 fully saturated rings. The van der Waals surface area contributed by atoms with E-state index >= 15 is 0 Å². The summed E-state index contributed by atoms with van der Waals surface area (Å²) < 4.78 is 6.40. The van der Waals surface area contributed by atoms with Crippen LogP contribution in [0.2, 0.25) is 0 Å². The average Bonchev–Trinajstić information content (AvgIpc) is 2.67. The highest BCUT2D eigenvalue weighted by Crippen LogP contribution is 2.26. The maximum absolute atomic E-state index is 10.8. The minimum absolute atomic E-state index is 0.0453. The van der Waals surface area contributed by atoms with Crippen LogP contribution in [0.15, 0.2) is 4.79 Å². The van der Waals surface area contributed by atoms with E-state index in [9.17, 15) is 4.79 Å². The predicted molar refractivity (Wildman–Crippen MR) is 32.5 cm³/mol. The summed E-state index contributed by atoms with van der Waals surface area (Å²) in [6, 6.07) is 0. The van der Waals surface area contributed by atoms with Crippen LogP contribution < -0.4 is 5.69 Å². The van der Waals surface area contributed by atoms with Gasteiger partial charge in [0.05, 0.1) is 6.61 Å². The van der Waals surface area contributed by atoms with Crippen molar-refractivity contribution in [2.75, 3.05) is 6.61 Å². The lowest BCUT2D eigenvalue weighted by Gasteiger charge is -1.89. The third-order valence-corrected chi connectivity index (χ3v) is 1.54. The Hall–Kier alpha value is -1.10. The van der Waals surface area contributed by atoms with Gasteiger partial charge in [0.2, 0.25) is 0 Å². The fourth-order valence-electron chi connectivity index (χ4n) is 0.844. The predicted octanol–water partition coefficient (Wildman–Crippen LogP) is -0.820. The van der Waals surface area contributed by atoms with E-state index in [1.54, 1.807) is 7.05 Å². The van der Waals surface area contributed by atoms with E-state index in [2.05, 4.69) is 10.2 Å². The Bertz CT molecular complexity index is 296. The van der Waals surface area contributed by atoms with Crippen molar-refractivity contribution in [2.24, 2.45) is 7.05 Å². The molecule has 0 aromatic carbocycles. The molecule has 54 valence electrons. The molecule has 0 bridgehead atoms. The monoisotopic (exact) mass is 141 g/mol. The standard InChI is InChI=1S/C5H7N3O2/c1-8-4(3-2-10-3)6-7-5(8)9/h3H,2H2,1H3,(H,7,9). The lowest BCUT2D eigenvalue weighted by atomic mass is 10.4. The third-order valence-electron chi connectivity index (χ3n) is 1.54. The highest BCUT2D eigenvalue weighted by molar-refractivity contribution is 4.96. The van der Waals surface area contributed by atoms with E-state index in [1.807, 2.05) is 0 Å². The normalized spacial score (nSPS) is 23.1. The largest absolute Gasteiger partial charge is 0.365 e. The number of ether oxygens (including phenoxy) is 1. The molecule has 2 rings (SSSR count). The van der Waals surface area contributed by atoms with Gasteiger partial charge in [0.1, 0.15) is 6.10 Å². The van der Waals surface area contributed by atoms with Gasteiger partial charge < -0.3 is 4.74 Å². The molecule has 1 aromatic heterocycles. The summed E-state index contributed by atoms with van der Waals surface area (Å²) in [7, 11) is 1.67.